The predicted octanol–water partition coefficient (Wildman–Crippen LogP) is 4.19. The van der Waals surface area contributed by atoms with Crippen molar-refractivity contribution in [1.29, 1.82) is 0 Å². The number of hydrogen-bond donors (Lipinski definition) is 0. The van der Waals surface area contributed by atoms with E-state index in [4.69, 9.17) is 0 Å². The van der Waals surface area contributed by atoms with Gasteiger partial charge in [-0.2, -0.15) is 0 Å². The average molecular weight is 307 g/mol. The Kier molecular flexibility index (Phi) is 3.54. The standard InChI is InChI=1S/C18H17N3S/c1-12-20-10-16-15(4-2-3-5-17(16)21-12)18-8-14-9-19-7-6-13(14)11-22-18/h4,6-10H,2-3,5,11H2,1H3. The van der Waals surface area contributed by atoms with Gasteiger partial charge in [0, 0.05) is 34.8 Å². The number of thioether (sulfide) groups is 1. The molecule has 0 N–H and O–H groups in total. The number of nitrogens with zero attached hydrogens (tertiary/aromatic N) is 3. The summed E-state index contributed by atoms with van der Waals surface area (Å²) < 4.78 is 0. The molecule has 110 valence electrons. The van der Waals surface area contributed by atoms with Crippen molar-refractivity contribution in [2.75, 3.05) is 0 Å². The Morgan fingerprint density at radius 1 is 1.23 bits per heavy atom. The summed E-state index contributed by atoms with van der Waals surface area (Å²) in [6, 6.07) is 2.11. The van der Waals surface area contributed by atoms with E-state index in [9.17, 15) is 0 Å². The van der Waals surface area contributed by atoms with E-state index in [0.29, 0.717) is 0 Å². The monoisotopic (exact) mass is 307 g/mol. The summed E-state index contributed by atoms with van der Waals surface area (Å²) in [7, 11) is 0. The van der Waals surface area contributed by atoms with Crippen molar-refractivity contribution in [3.8, 4) is 0 Å². The van der Waals surface area contributed by atoms with Crippen molar-refractivity contribution in [2.45, 2.75) is 31.9 Å². The van der Waals surface area contributed by atoms with Crippen LogP contribution in [0.3, 0.4) is 0 Å². The second kappa shape index (κ2) is 5.69. The third-order valence-electron chi connectivity index (χ3n) is 4.13. The highest BCUT2D eigenvalue weighted by Gasteiger charge is 2.20. The summed E-state index contributed by atoms with van der Waals surface area (Å²) in [6.45, 7) is 1.96. The summed E-state index contributed by atoms with van der Waals surface area (Å²) >= 11 is 1.90. The summed E-state index contributed by atoms with van der Waals surface area (Å²) in [4.78, 5) is 14.7. The number of aromatic nitrogens is 3. The van der Waals surface area contributed by atoms with Gasteiger partial charge in [0.15, 0.2) is 0 Å². The predicted molar refractivity (Wildman–Crippen MR) is 91.2 cm³/mol. The van der Waals surface area contributed by atoms with E-state index in [1.165, 1.54) is 32.9 Å². The van der Waals surface area contributed by atoms with Crippen molar-refractivity contribution in [3.63, 3.8) is 0 Å². The maximum atomic E-state index is 4.66. The molecule has 0 unspecified atom stereocenters. The Morgan fingerprint density at radius 2 is 2.18 bits per heavy atom. The molecule has 1 aliphatic carbocycles. The Bertz CT molecular complexity index is 793. The fourth-order valence-electron chi connectivity index (χ4n) is 2.98. The lowest BCUT2D eigenvalue weighted by Gasteiger charge is -2.19. The van der Waals surface area contributed by atoms with E-state index in [1.807, 2.05) is 37.3 Å². The van der Waals surface area contributed by atoms with Crippen LogP contribution in [0.5, 0.6) is 0 Å². The van der Waals surface area contributed by atoms with Crippen molar-refractivity contribution in [3.05, 3.63) is 63.8 Å². The zero-order chi connectivity index (χ0) is 14.9. The molecule has 1 aliphatic heterocycles. The molecule has 0 atom stereocenters. The first-order chi connectivity index (χ1) is 10.8. The van der Waals surface area contributed by atoms with Gasteiger partial charge in [-0.15, -0.1) is 11.8 Å². The fraction of sp³-hybridized carbons (Fsp3) is 0.278. The molecule has 4 rings (SSSR count). The lowest BCUT2D eigenvalue weighted by Crippen LogP contribution is -2.02. The molecule has 4 heteroatoms. The average Bonchev–Trinajstić information content (AvgIpc) is 2.76. The Morgan fingerprint density at radius 3 is 3.14 bits per heavy atom. The minimum atomic E-state index is 0.861. The second-order valence-electron chi connectivity index (χ2n) is 5.66. The van der Waals surface area contributed by atoms with E-state index in [0.717, 1.165) is 30.8 Å². The molecule has 0 fully saturated rings. The summed E-state index contributed by atoms with van der Waals surface area (Å²) in [5.41, 5.74) is 6.28. The molecule has 3 heterocycles. The van der Waals surface area contributed by atoms with Crippen LogP contribution in [0.25, 0.3) is 11.6 Å². The van der Waals surface area contributed by atoms with Crippen LogP contribution >= 0.6 is 11.8 Å². The SMILES string of the molecule is Cc1ncc2c(n1)CCCC=C2C1=Cc2cnccc2CS1. The molecule has 0 saturated carbocycles. The number of hydrogen-bond acceptors (Lipinski definition) is 4. The van der Waals surface area contributed by atoms with Gasteiger partial charge in [-0.1, -0.05) is 6.08 Å². The minimum absolute atomic E-state index is 0.861. The quantitative estimate of drug-likeness (QED) is 0.792. The molecular weight excluding hydrogens is 290 g/mol. The van der Waals surface area contributed by atoms with Gasteiger partial charge in [0.1, 0.15) is 5.82 Å². The van der Waals surface area contributed by atoms with E-state index >= 15 is 0 Å². The van der Waals surface area contributed by atoms with Gasteiger partial charge < -0.3 is 0 Å². The van der Waals surface area contributed by atoms with E-state index in [2.05, 4.69) is 33.2 Å². The molecule has 0 bridgehead atoms. The largest absolute Gasteiger partial charge is 0.264 e. The number of rotatable bonds is 1. The normalized spacial score (nSPS) is 17.0. The molecule has 0 spiro atoms. The van der Waals surface area contributed by atoms with Crippen LogP contribution in [0.4, 0.5) is 0 Å². The second-order valence-corrected chi connectivity index (χ2v) is 6.68. The van der Waals surface area contributed by atoms with E-state index < -0.39 is 0 Å². The van der Waals surface area contributed by atoms with E-state index in [-0.39, 0.29) is 0 Å². The molecule has 0 saturated heterocycles. The Balaban J connectivity index is 1.81. The molecule has 2 aromatic heterocycles. The zero-order valence-electron chi connectivity index (χ0n) is 12.5. The van der Waals surface area contributed by atoms with Crippen LogP contribution in [0.15, 0.2) is 35.6 Å². The number of aryl methyl sites for hydroxylation is 2. The zero-order valence-corrected chi connectivity index (χ0v) is 13.4. The van der Waals surface area contributed by atoms with Gasteiger partial charge in [-0.3, -0.25) is 4.98 Å². The van der Waals surface area contributed by atoms with Crippen LogP contribution in [-0.2, 0) is 12.2 Å². The molecule has 22 heavy (non-hydrogen) atoms. The van der Waals surface area contributed by atoms with Crippen LogP contribution < -0.4 is 0 Å². The van der Waals surface area contributed by atoms with Crippen LogP contribution in [0, 0.1) is 6.92 Å². The highest BCUT2D eigenvalue weighted by atomic mass is 32.2. The number of pyridine rings is 1. The Labute approximate surface area is 134 Å². The van der Waals surface area contributed by atoms with Crippen molar-refractivity contribution in [2.24, 2.45) is 0 Å². The highest BCUT2D eigenvalue weighted by Crippen LogP contribution is 2.41. The van der Waals surface area contributed by atoms with Crippen LogP contribution in [-0.4, -0.2) is 15.0 Å². The topological polar surface area (TPSA) is 38.7 Å². The molecule has 0 aromatic carbocycles. The molecule has 0 radical (unpaired) electrons. The number of allylic oxidation sites excluding steroid dienone is 2. The van der Waals surface area contributed by atoms with Crippen LogP contribution in [0.2, 0.25) is 0 Å². The Hall–Kier alpha value is -1.94. The number of fused-ring (bicyclic) bond motifs is 2. The van der Waals surface area contributed by atoms with Gasteiger partial charge in [0.25, 0.3) is 0 Å². The summed E-state index contributed by atoms with van der Waals surface area (Å²) in [5.74, 6) is 1.86. The molecule has 2 aromatic rings. The first-order valence-electron chi connectivity index (χ1n) is 7.62. The third kappa shape index (κ3) is 2.48. The van der Waals surface area contributed by atoms with Crippen LogP contribution in [0.1, 0.15) is 41.1 Å². The molecule has 0 amide bonds. The lowest BCUT2D eigenvalue weighted by molar-refractivity contribution is 0.812. The first-order valence-corrected chi connectivity index (χ1v) is 8.60. The van der Waals surface area contributed by atoms with Gasteiger partial charge >= 0.3 is 0 Å². The molecule has 2 aliphatic rings. The first kappa shape index (κ1) is 13.7. The summed E-state index contributed by atoms with van der Waals surface area (Å²) in [6.07, 6.45) is 13.7. The minimum Gasteiger partial charge on any atom is -0.264 e. The van der Waals surface area contributed by atoms with E-state index in [1.54, 1.807) is 0 Å². The maximum Gasteiger partial charge on any atom is 0.125 e. The maximum absolute atomic E-state index is 4.66. The van der Waals surface area contributed by atoms with Gasteiger partial charge in [0.2, 0.25) is 0 Å². The summed E-state index contributed by atoms with van der Waals surface area (Å²) in [5, 5.41) is 0. The van der Waals surface area contributed by atoms with Gasteiger partial charge in [-0.05, 0) is 55.0 Å². The van der Waals surface area contributed by atoms with Gasteiger partial charge in [0.05, 0.1) is 5.69 Å². The lowest BCUT2D eigenvalue weighted by atomic mass is 10.0. The highest BCUT2D eigenvalue weighted by molar-refractivity contribution is 8.03. The molecule has 3 nitrogen and oxygen atoms in total. The molecular formula is C18H17N3S. The van der Waals surface area contributed by atoms with Crippen molar-refractivity contribution in [1.82, 2.24) is 15.0 Å². The van der Waals surface area contributed by atoms with Crippen molar-refractivity contribution >= 4 is 23.4 Å². The smallest absolute Gasteiger partial charge is 0.125 e. The fourth-order valence-corrected chi connectivity index (χ4v) is 4.12. The van der Waals surface area contributed by atoms with Gasteiger partial charge in [-0.25, -0.2) is 9.97 Å². The van der Waals surface area contributed by atoms with Crippen molar-refractivity contribution < 1.29 is 0 Å². The third-order valence-corrected chi connectivity index (χ3v) is 5.23.